The van der Waals surface area contributed by atoms with Crippen molar-refractivity contribution in [1.29, 1.82) is 0 Å². The van der Waals surface area contributed by atoms with Crippen LogP contribution in [-0.2, 0) is 10.4 Å². The summed E-state index contributed by atoms with van der Waals surface area (Å²) in [4.78, 5) is 30.8. The maximum Gasteiger partial charge on any atom is 0.258 e. The van der Waals surface area contributed by atoms with Crippen molar-refractivity contribution in [1.82, 2.24) is 14.7 Å². The molecule has 0 aliphatic carbocycles. The van der Waals surface area contributed by atoms with E-state index in [2.05, 4.69) is 4.90 Å². The first-order valence-electron chi connectivity index (χ1n) is 11.9. The molecule has 0 radical (unpaired) electrons. The van der Waals surface area contributed by atoms with Crippen LogP contribution in [0, 0.1) is 0 Å². The van der Waals surface area contributed by atoms with Gasteiger partial charge < -0.3 is 19.6 Å². The molecule has 2 aliphatic rings. The molecule has 0 unspecified atom stereocenters. The molecule has 0 saturated carbocycles. The Morgan fingerprint density at radius 2 is 1.64 bits per heavy atom. The third kappa shape index (κ3) is 5.76. The van der Waals surface area contributed by atoms with E-state index in [4.69, 9.17) is 39.5 Å². The molecule has 2 fully saturated rings. The summed E-state index contributed by atoms with van der Waals surface area (Å²) >= 11 is 18.4. The summed E-state index contributed by atoms with van der Waals surface area (Å²) in [6.45, 7) is 4.18. The van der Waals surface area contributed by atoms with Crippen molar-refractivity contribution in [2.75, 3.05) is 40.3 Å². The van der Waals surface area contributed by atoms with Crippen LogP contribution in [0.2, 0.25) is 15.1 Å². The first-order chi connectivity index (χ1) is 17.0. The van der Waals surface area contributed by atoms with Crippen LogP contribution in [0.25, 0.3) is 0 Å². The van der Waals surface area contributed by atoms with Crippen LogP contribution < -0.4 is 4.74 Å². The molecule has 2 heterocycles. The van der Waals surface area contributed by atoms with Crippen molar-refractivity contribution in [3.8, 4) is 5.75 Å². The number of hydrogen-bond donors (Lipinski definition) is 1. The van der Waals surface area contributed by atoms with Crippen LogP contribution >= 0.6 is 34.8 Å². The van der Waals surface area contributed by atoms with Gasteiger partial charge in [0.1, 0.15) is 11.9 Å². The molecule has 0 spiro atoms. The average Bonchev–Trinajstić information content (AvgIpc) is 2.79. The summed E-state index contributed by atoms with van der Waals surface area (Å²) in [5, 5.41) is 12.1. The number of ether oxygens (including phenoxy) is 1. The van der Waals surface area contributed by atoms with Gasteiger partial charge in [-0.3, -0.25) is 14.5 Å². The minimum Gasteiger partial charge on any atom is -0.488 e. The Kier molecular flexibility index (Phi) is 8.07. The quantitative estimate of drug-likeness (QED) is 0.576. The minimum absolute atomic E-state index is 0.0458. The highest BCUT2D eigenvalue weighted by atomic mass is 35.5. The van der Waals surface area contributed by atoms with Gasteiger partial charge in [0.05, 0.1) is 10.6 Å². The van der Waals surface area contributed by atoms with Crippen LogP contribution in [0.3, 0.4) is 0 Å². The van der Waals surface area contributed by atoms with Crippen molar-refractivity contribution in [2.24, 2.45) is 0 Å². The first-order valence-corrected chi connectivity index (χ1v) is 13.0. The third-order valence-corrected chi connectivity index (χ3v) is 7.61. The average molecular weight is 555 g/mol. The molecule has 2 amide bonds. The fraction of sp³-hybridized carbons (Fsp3) is 0.462. The van der Waals surface area contributed by atoms with E-state index in [1.54, 1.807) is 55.4 Å². The second kappa shape index (κ2) is 10.8. The lowest BCUT2D eigenvalue weighted by atomic mass is 9.92. The topological polar surface area (TPSA) is 73.3 Å². The third-order valence-electron chi connectivity index (χ3n) is 6.87. The lowest BCUT2D eigenvalue weighted by Crippen LogP contribution is -2.60. The van der Waals surface area contributed by atoms with Crippen LogP contribution in [-0.4, -0.2) is 84.0 Å². The number of likely N-dealkylation sites (tertiary alicyclic amines) is 2. The molecule has 7 nitrogen and oxygen atoms in total. The number of carbonyl (C=O) groups is 2. The standard InChI is InChI=1S/C26H30Cl3N3O4/c1-26(35,16-10-17(27)12-18(28)11-16)25(34)31-8-6-19(7-9-31)32-14-21(15-32)36-20-4-5-22(23(29)13-20)24(33)30(2)3/h4-5,10-13,19,21,35H,6-9,14-15H2,1-3H3/t26-/m0/s1. The zero-order valence-corrected chi connectivity index (χ0v) is 22.8. The molecule has 0 bridgehead atoms. The van der Waals surface area contributed by atoms with E-state index in [0.29, 0.717) is 51.1 Å². The number of rotatable bonds is 6. The van der Waals surface area contributed by atoms with Gasteiger partial charge in [-0.25, -0.2) is 0 Å². The van der Waals surface area contributed by atoms with E-state index < -0.39 is 5.60 Å². The Morgan fingerprint density at radius 1 is 1.03 bits per heavy atom. The van der Waals surface area contributed by atoms with Crippen LogP contribution in [0.1, 0.15) is 35.7 Å². The van der Waals surface area contributed by atoms with Crippen LogP contribution in [0.5, 0.6) is 5.75 Å². The molecule has 4 rings (SSSR count). The zero-order chi connectivity index (χ0) is 26.2. The van der Waals surface area contributed by atoms with Crippen molar-refractivity contribution in [3.05, 3.63) is 62.6 Å². The predicted octanol–water partition coefficient (Wildman–Crippen LogP) is 4.31. The second-order valence-electron chi connectivity index (χ2n) is 9.79. The number of hydrogen-bond acceptors (Lipinski definition) is 5. The molecule has 2 aromatic carbocycles. The molecule has 194 valence electrons. The minimum atomic E-state index is -1.70. The van der Waals surface area contributed by atoms with Crippen LogP contribution in [0.15, 0.2) is 36.4 Å². The summed E-state index contributed by atoms with van der Waals surface area (Å²) in [5.74, 6) is 0.143. The molecule has 2 saturated heterocycles. The smallest absolute Gasteiger partial charge is 0.258 e. The van der Waals surface area contributed by atoms with Gasteiger partial charge in [0.2, 0.25) is 0 Å². The predicted molar refractivity (Wildman–Crippen MR) is 141 cm³/mol. The van der Waals surface area contributed by atoms with Gasteiger partial charge in [0.25, 0.3) is 11.8 Å². The highest BCUT2D eigenvalue weighted by Crippen LogP contribution is 2.32. The van der Waals surface area contributed by atoms with Gasteiger partial charge in [-0.2, -0.15) is 0 Å². The Bertz CT molecular complexity index is 1120. The Labute approximate surface area is 226 Å². The molecule has 2 aliphatic heterocycles. The van der Waals surface area contributed by atoms with Gasteiger partial charge in [-0.15, -0.1) is 0 Å². The Balaban J connectivity index is 1.27. The normalized spacial score (nSPS) is 18.9. The van der Waals surface area contributed by atoms with Crippen molar-refractivity contribution >= 4 is 46.6 Å². The van der Waals surface area contributed by atoms with E-state index in [9.17, 15) is 14.7 Å². The van der Waals surface area contributed by atoms with Gasteiger partial charge in [-0.1, -0.05) is 34.8 Å². The molecule has 0 aromatic heterocycles. The van der Waals surface area contributed by atoms with E-state index in [1.807, 2.05) is 0 Å². The Hall–Kier alpha value is -2.03. The highest BCUT2D eigenvalue weighted by Gasteiger charge is 2.40. The maximum absolute atomic E-state index is 13.1. The molecule has 1 N–H and O–H groups in total. The first kappa shape index (κ1) is 27.0. The number of amides is 2. The summed E-state index contributed by atoms with van der Waals surface area (Å²) in [7, 11) is 3.37. The zero-order valence-electron chi connectivity index (χ0n) is 20.5. The van der Waals surface area contributed by atoms with E-state index >= 15 is 0 Å². The van der Waals surface area contributed by atoms with Gasteiger partial charge in [0.15, 0.2) is 5.60 Å². The lowest BCUT2D eigenvalue weighted by Gasteiger charge is -2.47. The molecule has 1 atom stereocenters. The number of carbonyl (C=O) groups excluding carboxylic acids is 2. The number of halogens is 3. The number of aliphatic hydroxyl groups is 1. The Morgan fingerprint density at radius 3 is 2.19 bits per heavy atom. The van der Waals surface area contributed by atoms with Gasteiger partial charge in [-0.05, 0) is 61.7 Å². The molecule has 36 heavy (non-hydrogen) atoms. The van der Waals surface area contributed by atoms with Crippen molar-refractivity contribution < 1.29 is 19.4 Å². The van der Waals surface area contributed by atoms with E-state index in [1.165, 1.54) is 11.8 Å². The van der Waals surface area contributed by atoms with Gasteiger partial charge >= 0.3 is 0 Å². The number of benzene rings is 2. The molecule has 2 aromatic rings. The van der Waals surface area contributed by atoms with Gasteiger partial charge in [0, 0.05) is 56.4 Å². The fourth-order valence-electron chi connectivity index (χ4n) is 4.72. The summed E-state index contributed by atoms with van der Waals surface area (Å²) < 4.78 is 6.05. The largest absolute Gasteiger partial charge is 0.488 e. The fourth-order valence-corrected chi connectivity index (χ4v) is 5.50. The molecule has 10 heteroatoms. The SMILES string of the molecule is CN(C)C(=O)c1ccc(OC2CN(C3CCN(C(=O)[C@@](C)(O)c4cc(Cl)cc(Cl)c4)CC3)C2)cc1Cl. The van der Waals surface area contributed by atoms with Crippen molar-refractivity contribution in [2.45, 2.75) is 37.5 Å². The van der Waals surface area contributed by atoms with Crippen LogP contribution in [0.4, 0.5) is 0 Å². The number of nitrogens with zero attached hydrogens (tertiary/aromatic N) is 3. The molecular weight excluding hydrogens is 525 g/mol. The lowest BCUT2D eigenvalue weighted by molar-refractivity contribution is -0.152. The summed E-state index contributed by atoms with van der Waals surface area (Å²) in [6.07, 6.45) is 1.68. The van der Waals surface area contributed by atoms with E-state index in [-0.39, 0.29) is 17.9 Å². The maximum atomic E-state index is 13.1. The highest BCUT2D eigenvalue weighted by molar-refractivity contribution is 6.35. The summed E-state index contributed by atoms with van der Waals surface area (Å²) in [5.41, 5.74) is -0.873. The monoisotopic (exact) mass is 553 g/mol. The van der Waals surface area contributed by atoms with E-state index in [0.717, 1.165) is 25.9 Å². The van der Waals surface area contributed by atoms with Crippen molar-refractivity contribution in [3.63, 3.8) is 0 Å². The summed E-state index contributed by atoms with van der Waals surface area (Å²) in [6, 6.07) is 10.2. The second-order valence-corrected chi connectivity index (χ2v) is 11.1. The molecular formula is C26H30Cl3N3O4. The number of piperidine rings is 1.